The molecule has 0 heterocycles. The first kappa shape index (κ1) is 22.7. The van der Waals surface area contributed by atoms with E-state index in [0.29, 0.717) is 12.6 Å². The maximum atomic E-state index is 9.65. The number of nitrogens with zero attached hydrogens (tertiary/aromatic N) is 1. The molecule has 0 bridgehead atoms. The van der Waals surface area contributed by atoms with Gasteiger partial charge in [0.15, 0.2) is 5.96 Å². The predicted molar refractivity (Wildman–Crippen MR) is 120 cm³/mol. The molecule has 6 heteroatoms. The van der Waals surface area contributed by atoms with Gasteiger partial charge in [-0.2, -0.15) is 0 Å². The molecule has 1 aromatic rings. The molecule has 142 valence electrons. The summed E-state index contributed by atoms with van der Waals surface area (Å²) in [6, 6.07) is 8.75. The maximum Gasteiger partial charge on any atom is 0.191 e. The van der Waals surface area contributed by atoms with E-state index in [-0.39, 0.29) is 35.5 Å². The summed E-state index contributed by atoms with van der Waals surface area (Å²) in [5.41, 5.74) is 1.22. The number of aliphatic hydroxyl groups is 1. The van der Waals surface area contributed by atoms with Gasteiger partial charge in [-0.3, -0.25) is 4.99 Å². The zero-order chi connectivity index (χ0) is 17.6. The summed E-state index contributed by atoms with van der Waals surface area (Å²) in [7, 11) is 0. The Labute approximate surface area is 177 Å². The van der Waals surface area contributed by atoms with E-state index in [4.69, 9.17) is 4.99 Å². The average molecular weight is 524 g/mol. The Morgan fingerprint density at radius 1 is 1.24 bits per heavy atom. The SMILES string of the molecule is CCNC(=NCC(C)(C)c1ccccc1Br)NC1CCC(O)CC1.I. The van der Waals surface area contributed by atoms with E-state index < -0.39 is 0 Å². The molecule has 1 aliphatic rings. The normalized spacial score (nSPS) is 21.4. The van der Waals surface area contributed by atoms with Crippen molar-refractivity contribution < 1.29 is 5.11 Å². The standard InChI is InChI=1S/C19H30BrN3O.HI/c1-4-21-18(23-14-9-11-15(24)12-10-14)22-13-19(2,3)16-7-5-6-8-17(16)20;/h5-8,14-15,24H,4,9-13H2,1-3H3,(H2,21,22,23);1H. The lowest BCUT2D eigenvalue weighted by atomic mass is 9.85. The van der Waals surface area contributed by atoms with Gasteiger partial charge in [0.05, 0.1) is 12.6 Å². The Morgan fingerprint density at radius 3 is 2.48 bits per heavy atom. The Bertz CT molecular complexity index is 557. The first-order valence-corrected chi connectivity index (χ1v) is 9.69. The molecule has 25 heavy (non-hydrogen) atoms. The van der Waals surface area contributed by atoms with Gasteiger partial charge >= 0.3 is 0 Å². The molecule has 4 nitrogen and oxygen atoms in total. The Hall–Kier alpha value is -0.340. The average Bonchev–Trinajstić information content (AvgIpc) is 2.55. The van der Waals surface area contributed by atoms with Gasteiger partial charge in [0, 0.05) is 22.5 Å². The van der Waals surface area contributed by atoms with Crippen molar-refractivity contribution in [3.05, 3.63) is 34.3 Å². The largest absolute Gasteiger partial charge is 0.393 e. The second kappa shape index (κ2) is 10.7. The quantitative estimate of drug-likeness (QED) is 0.308. The van der Waals surface area contributed by atoms with Gasteiger partial charge in [-0.15, -0.1) is 24.0 Å². The second-order valence-corrected chi connectivity index (χ2v) is 8.06. The fourth-order valence-electron chi connectivity index (χ4n) is 3.11. The smallest absolute Gasteiger partial charge is 0.191 e. The van der Waals surface area contributed by atoms with E-state index >= 15 is 0 Å². The highest BCUT2D eigenvalue weighted by atomic mass is 127. The molecule has 0 saturated heterocycles. The summed E-state index contributed by atoms with van der Waals surface area (Å²) in [5.74, 6) is 0.874. The minimum atomic E-state index is -0.128. The summed E-state index contributed by atoms with van der Waals surface area (Å²) >= 11 is 3.65. The van der Waals surface area contributed by atoms with Gasteiger partial charge in [0.2, 0.25) is 0 Å². The van der Waals surface area contributed by atoms with Crippen molar-refractivity contribution in [2.45, 2.75) is 64.0 Å². The van der Waals surface area contributed by atoms with Crippen molar-refractivity contribution in [3.8, 4) is 0 Å². The zero-order valence-electron chi connectivity index (χ0n) is 15.4. The topological polar surface area (TPSA) is 56.7 Å². The number of benzene rings is 1. The Morgan fingerprint density at radius 2 is 1.88 bits per heavy atom. The molecule has 1 saturated carbocycles. The summed E-state index contributed by atoms with van der Waals surface area (Å²) in [4.78, 5) is 4.83. The second-order valence-electron chi connectivity index (χ2n) is 7.21. The molecule has 1 aromatic carbocycles. The monoisotopic (exact) mass is 523 g/mol. The lowest BCUT2D eigenvalue weighted by Gasteiger charge is -2.29. The lowest BCUT2D eigenvalue weighted by Crippen LogP contribution is -2.45. The van der Waals surface area contributed by atoms with E-state index in [1.54, 1.807) is 0 Å². The molecule has 0 amide bonds. The fourth-order valence-corrected chi connectivity index (χ4v) is 3.93. The van der Waals surface area contributed by atoms with Crippen molar-refractivity contribution in [1.82, 2.24) is 10.6 Å². The molecule has 0 radical (unpaired) electrons. The molecule has 0 atom stereocenters. The van der Waals surface area contributed by atoms with Gasteiger partial charge in [-0.1, -0.05) is 48.0 Å². The van der Waals surface area contributed by atoms with Crippen LogP contribution >= 0.6 is 39.9 Å². The molecule has 0 aliphatic heterocycles. The highest BCUT2D eigenvalue weighted by Gasteiger charge is 2.24. The summed E-state index contributed by atoms with van der Waals surface area (Å²) in [6.45, 7) is 8.08. The van der Waals surface area contributed by atoms with Crippen molar-refractivity contribution in [2.75, 3.05) is 13.1 Å². The molecule has 2 rings (SSSR count). The van der Waals surface area contributed by atoms with E-state index in [1.807, 2.05) is 6.07 Å². The number of hydrogen-bond donors (Lipinski definition) is 3. The van der Waals surface area contributed by atoms with E-state index in [1.165, 1.54) is 5.56 Å². The van der Waals surface area contributed by atoms with E-state index in [9.17, 15) is 5.11 Å². The van der Waals surface area contributed by atoms with E-state index in [2.05, 4.69) is 65.5 Å². The Balaban J connectivity index is 0.00000312. The molecule has 0 aromatic heterocycles. The summed E-state index contributed by atoms with van der Waals surface area (Å²) in [6.07, 6.45) is 3.62. The van der Waals surface area contributed by atoms with Gasteiger partial charge in [0.1, 0.15) is 0 Å². The van der Waals surface area contributed by atoms with Crippen LogP contribution in [0, 0.1) is 0 Å². The van der Waals surface area contributed by atoms with Crippen LogP contribution in [0.15, 0.2) is 33.7 Å². The van der Waals surface area contributed by atoms with Crippen molar-refractivity contribution in [2.24, 2.45) is 4.99 Å². The molecular weight excluding hydrogens is 493 g/mol. The highest BCUT2D eigenvalue weighted by molar-refractivity contribution is 14.0. The van der Waals surface area contributed by atoms with Gasteiger partial charge in [-0.25, -0.2) is 0 Å². The third-order valence-corrected chi connectivity index (χ3v) is 5.31. The lowest BCUT2D eigenvalue weighted by molar-refractivity contribution is 0.120. The number of nitrogens with one attached hydrogen (secondary N) is 2. The third-order valence-electron chi connectivity index (χ3n) is 4.62. The number of aliphatic hydroxyl groups excluding tert-OH is 1. The van der Waals surface area contributed by atoms with Crippen molar-refractivity contribution in [1.29, 1.82) is 0 Å². The van der Waals surface area contributed by atoms with Crippen LogP contribution in [-0.2, 0) is 5.41 Å². The van der Waals surface area contributed by atoms with Crippen LogP contribution in [0.3, 0.4) is 0 Å². The van der Waals surface area contributed by atoms with Gasteiger partial charge < -0.3 is 15.7 Å². The number of hydrogen-bond acceptors (Lipinski definition) is 2. The van der Waals surface area contributed by atoms with Crippen LogP contribution in [0.2, 0.25) is 0 Å². The van der Waals surface area contributed by atoms with Gasteiger partial charge in [-0.05, 0) is 44.2 Å². The van der Waals surface area contributed by atoms with Crippen LogP contribution in [0.1, 0.15) is 52.0 Å². The predicted octanol–water partition coefficient (Wildman–Crippen LogP) is 4.20. The minimum absolute atomic E-state index is 0. The van der Waals surface area contributed by atoms with Crippen LogP contribution in [-0.4, -0.2) is 36.3 Å². The van der Waals surface area contributed by atoms with Crippen LogP contribution in [0.5, 0.6) is 0 Å². The summed E-state index contributed by atoms with van der Waals surface area (Å²) < 4.78 is 1.13. The summed E-state index contributed by atoms with van der Waals surface area (Å²) in [5, 5.41) is 16.5. The first-order valence-electron chi connectivity index (χ1n) is 8.90. The number of aliphatic imine (C=N–C) groups is 1. The molecule has 0 unspecified atom stereocenters. The zero-order valence-corrected chi connectivity index (χ0v) is 19.3. The Kier molecular flexibility index (Phi) is 9.74. The number of guanidine groups is 1. The van der Waals surface area contributed by atoms with Crippen molar-refractivity contribution >= 4 is 45.9 Å². The van der Waals surface area contributed by atoms with Crippen molar-refractivity contribution in [3.63, 3.8) is 0 Å². The number of rotatable bonds is 5. The highest BCUT2D eigenvalue weighted by Crippen LogP contribution is 2.30. The molecule has 0 spiro atoms. The maximum absolute atomic E-state index is 9.65. The van der Waals surface area contributed by atoms with E-state index in [0.717, 1.165) is 42.7 Å². The molecule has 1 aliphatic carbocycles. The third kappa shape index (κ3) is 7.06. The van der Waals surface area contributed by atoms with Gasteiger partial charge in [0.25, 0.3) is 0 Å². The fraction of sp³-hybridized carbons (Fsp3) is 0.632. The molecular formula is C19H31BrIN3O. The van der Waals surface area contributed by atoms with Crippen LogP contribution in [0.25, 0.3) is 0 Å². The first-order chi connectivity index (χ1) is 11.4. The van der Waals surface area contributed by atoms with Crippen LogP contribution < -0.4 is 10.6 Å². The number of halogens is 2. The molecule has 1 fully saturated rings. The van der Waals surface area contributed by atoms with Crippen LogP contribution in [0.4, 0.5) is 0 Å². The molecule has 3 N–H and O–H groups in total. The minimum Gasteiger partial charge on any atom is -0.393 e.